The molecule has 0 aromatic carbocycles. The molecule has 0 aliphatic carbocycles. The molecule has 0 bridgehead atoms. The molecule has 2 amide bonds. The van der Waals surface area contributed by atoms with E-state index in [9.17, 15) is 14.4 Å². The second-order valence-corrected chi connectivity index (χ2v) is 4.33. The largest absolute Gasteiger partial charge is 0.382 e. The molecule has 9 nitrogen and oxygen atoms in total. The predicted octanol–water partition coefficient (Wildman–Crippen LogP) is -0.363. The highest BCUT2D eigenvalue weighted by Crippen LogP contribution is 2.12. The lowest BCUT2D eigenvalue weighted by molar-refractivity contribution is -0.198. The molecule has 1 rings (SSSR count). The zero-order chi connectivity index (χ0) is 16.2. The van der Waals surface area contributed by atoms with Gasteiger partial charge in [0, 0.05) is 20.0 Å². The van der Waals surface area contributed by atoms with Crippen molar-refractivity contribution in [3.05, 3.63) is 0 Å². The first kappa shape index (κ1) is 18.5. The van der Waals surface area contributed by atoms with Gasteiger partial charge in [-0.25, -0.2) is 4.79 Å². The minimum absolute atomic E-state index is 0.0542. The molecule has 0 N–H and O–H groups in total. The minimum Gasteiger partial charge on any atom is -0.382 e. The summed E-state index contributed by atoms with van der Waals surface area (Å²) >= 11 is 0. The van der Waals surface area contributed by atoms with Crippen molar-refractivity contribution in [1.29, 1.82) is 0 Å². The van der Waals surface area contributed by atoms with E-state index >= 15 is 0 Å². The molecule has 1 aliphatic heterocycles. The van der Waals surface area contributed by atoms with Crippen molar-refractivity contribution in [3.8, 4) is 0 Å². The van der Waals surface area contributed by atoms with Crippen molar-refractivity contribution in [2.24, 2.45) is 0 Å². The number of methoxy groups -OCH3 is 1. The molecule has 1 aliphatic rings. The lowest BCUT2D eigenvalue weighted by Crippen LogP contribution is -2.32. The molecule has 22 heavy (non-hydrogen) atoms. The second kappa shape index (κ2) is 11.1. The second-order valence-electron chi connectivity index (χ2n) is 4.33. The van der Waals surface area contributed by atoms with E-state index in [-0.39, 0.29) is 32.7 Å². The van der Waals surface area contributed by atoms with Gasteiger partial charge >= 0.3 is 5.97 Å². The maximum Gasteiger partial charge on any atom is 0.335 e. The number of rotatable bonds is 12. The molecule has 0 radical (unpaired) electrons. The van der Waals surface area contributed by atoms with Crippen LogP contribution in [0.2, 0.25) is 0 Å². The summed E-state index contributed by atoms with van der Waals surface area (Å²) in [6.45, 7) is 1.84. The summed E-state index contributed by atoms with van der Waals surface area (Å²) in [5.41, 5.74) is 0. The summed E-state index contributed by atoms with van der Waals surface area (Å²) < 4.78 is 20.1. The highest BCUT2D eigenvalue weighted by Gasteiger charge is 2.32. The highest BCUT2D eigenvalue weighted by atomic mass is 16.7. The van der Waals surface area contributed by atoms with Crippen LogP contribution in [-0.4, -0.2) is 69.8 Å². The summed E-state index contributed by atoms with van der Waals surface area (Å²) in [4.78, 5) is 38.5. The van der Waals surface area contributed by atoms with Crippen molar-refractivity contribution < 1.29 is 38.2 Å². The number of carbonyl (C=O) groups excluding carboxylic acids is 3. The average Bonchev–Trinajstić information content (AvgIpc) is 2.81. The molecule has 0 aromatic rings. The van der Waals surface area contributed by atoms with Gasteiger partial charge in [-0.05, 0) is 0 Å². The SMILES string of the molecule is COCCOCOCCOCCC(=O)ON1C(=O)CCC1=O. The van der Waals surface area contributed by atoms with Crippen LogP contribution in [0.3, 0.4) is 0 Å². The third kappa shape index (κ3) is 7.46. The van der Waals surface area contributed by atoms with E-state index in [2.05, 4.69) is 4.84 Å². The van der Waals surface area contributed by atoms with Gasteiger partial charge in [0.15, 0.2) is 0 Å². The Hall–Kier alpha value is -1.55. The summed E-state index contributed by atoms with van der Waals surface area (Å²) in [7, 11) is 1.58. The van der Waals surface area contributed by atoms with Crippen molar-refractivity contribution >= 4 is 17.8 Å². The van der Waals surface area contributed by atoms with Crippen molar-refractivity contribution in [2.45, 2.75) is 19.3 Å². The van der Waals surface area contributed by atoms with Crippen LogP contribution in [-0.2, 0) is 38.2 Å². The summed E-state index contributed by atoms with van der Waals surface area (Å²) in [6.07, 6.45) is 0.0974. The van der Waals surface area contributed by atoms with E-state index in [4.69, 9.17) is 18.9 Å². The molecule has 0 spiro atoms. The molecule has 126 valence electrons. The van der Waals surface area contributed by atoms with Crippen molar-refractivity contribution in [3.63, 3.8) is 0 Å². The fourth-order valence-corrected chi connectivity index (χ4v) is 1.50. The third-order valence-corrected chi connectivity index (χ3v) is 2.62. The monoisotopic (exact) mass is 319 g/mol. The van der Waals surface area contributed by atoms with Crippen LogP contribution in [0.4, 0.5) is 0 Å². The van der Waals surface area contributed by atoms with Crippen LogP contribution in [0, 0.1) is 0 Å². The molecule has 1 fully saturated rings. The Labute approximate surface area is 128 Å². The Kier molecular flexibility index (Phi) is 9.31. The number of carbonyl (C=O) groups is 3. The number of imide groups is 1. The van der Waals surface area contributed by atoms with Gasteiger partial charge in [-0.2, -0.15) is 0 Å². The molecule has 0 aromatic heterocycles. The van der Waals surface area contributed by atoms with Gasteiger partial charge in [-0.1, -0.05) is 0 Å². The highest BCUT2D eigenvalue weighted by molar-refractivity contribution is 6.01. The number of amides is 2. The van der Waals surface area contributed by atoms with E-state index in [1.807, 2.05) is 0 Å². The summed E-state index contributed by atoms with van der Waals surface area (Å²) in [6, 6.07) is 0. The van der Waals surface area contributed by atoms with Crippen molar-refractivity contribution in [2.75, 3.05) is 46.9 Å². The van der Waals surface area contributed by atoms with Crippen LogP contribution in [0.15, 0.2) is 0 Å². The predicted molar refractivity (Wildman–Crippen MR) is 71.3 cm³/mol. The van der Waals surface area contributed by atoms with E-state index in [0.29, 0.717) is 31.5 Å². The first-order chi connectivity index (χ1) is 10.6. The normalized spacial score (nSPS) is 14.7. The van der Waals surface area contributed by atoms with Crippen LogP contribution >= 0.6 is 0 Å². The minimum atomic E-state index is -0.688. The van der Waals surface area contributed by atoms with Crippen LogP contribution in [0.1, 0.15) is 19.3 Å². The summed E-state index contributed by atoms with van der Waals surface area (Å²) in [5, 5.41) is 0.517. The maximum atomic E-state index is 11.4. The summed E-state index contributed by atoms with van der Waals surface area (Å²) in [5.74, 6) is -1.69. The fraction of sp³-hybridized carbons (Fsp3) is 0.769. The van der Waals surface area contributed by atoms with E-state index in [1.165, 1.54) is 0 Å². The lowest BCUT2D eigenvalue weighted by atomic mass is 10.4. The molecule has 0 atom stereocenters. The Balaban J connectivity index is 1.93. The van der Waals surface area contributed by atoms with Crippen LogP contribution in [0.25, 0.3) is 0 Å². The van der Waals surface area contributed by atoms with Crippen LogP contribution < -0.4 is 0 Å². The third-order valence-electron chi connectivity index (χ3n) is 2.62. The molecule has 0 unspecified atom stereocenters. The Bertz CT molecular complexity index is 357. The van der Waals surface area contributed by atoms with Gasteiger partial charge < -0.3 is 23.8 Å². The fourth-order valence-electron chi connectivity index (χ4n) is 1.50. The Morgan fingerprint density at radius 1 is 0.955 bits per heavy atom. The van der Waals surface area contributed by atoms with E-state index in [1.54, 1.807) is 7.11 Å². The smallest absolute Gasteiger partial charge is 0.335 e. The standard InChI is InChI=1S/C13H21NO8/c1-18-6-7-20-10-21-9-8-19-5-4-13(17)22-14-11(15)2-3-12(14)16/h2-10H2,1H3. The zero-order valence-electron chi connectivity index (χ0n) is 12.6. The van der Waals surface area contributed by atoms with Gasteiger partial charge in [0.1, 0.15) is 6.79 Å². The zero-order valence-corrected chi connectivity index (χ0v) is 12.6. The number of nitrogens with zero attached hydrogens (tertiary/aromatic N) is 1. The van der Waals surface area contributed by atoms with E-state index in [0.717, 1.165) is 0 Å². The number of hydrogen-bond donors (Lipinski definition) is 0. The van der Waals surface area contributed by atoms with E-state index < -0.39 is 17.8 Å². The molecule has 1 saturated heterocycles. The molecular weight excluding hydrogens is 298 g/mol. The number of hydroxylamine groups is 2. The van der Waals surface area contributed by atoms with Gasteiger partial charge in [0.05, 0.1) is 39.5 Å². The number of ether oxygens (including phenoxy) is 4. The first-order valence-corrected chi connectivity index (χ1v) is 6.94. The van der Waals surface area contributed by atoms with Gasteiger partial charge in [0.25, 0.3) is 11.8 Å². The molecule has 1 heterocycles. The van der Waals surface area contributed by atoms with Gasteiger partial charge in [0.2, 0.25) is 0 Å². The van der Waals surface area contributed by atoms with Crippen molar-refractivity contribution in [1.82, 2.24) is 5.06 Å². The quantitative estimate of drug-likeness (QED) is 0.273. The average molecular weight is 319 g/mol. The first-order valence-electron chi connectivity index (χ1n) is 6.94. The van der Waals surface area contributed by atoms with Gasteiger partial charge in [-0.3, -0.25) is 9.59 Å². The molecule has 9 heteroatoms. The lowest BCUT2D eigenvalue weighted by Gasteiger charge is -2.12. The number of hydrogen-bond acceptors (Lipinski definition) is 8. The molecular formula is C13H21NO8. The topological polar surface area (TPSA) is 101 Å². The molecule has 0 saturated carbocycles. The Morgan fingerprint density at radius 2 is 1.55 bits per heavy atom. The van der Waals surface area contributed by atoms with Gasteiger partial charge in [-0.15, -0.1) is 5.06 Å². The maximum absolute atomic E-state index is 11.4. The Morgan fingerprint density at radius 3 is 2.18 bits per heavy atom. The van der Waals surface area contributed by atoms with Crippen LogP contribution in [0.5, 0.6) is 0 Å².